The van der Waals surface area contributed by atoms with Crippen molar-refractivity contribution in [2.45, 2.75) is 135 Å². The van der Waals surface area contributed by atoms with Gasteiger partial charge in [0.1, 0.15) is 132 Å². The monoisotopic (exact) mass is 1300 g/mol. The Bertz CT molecular complexity index is 3560. The number of carbonyl (C=O) groups is 3. The molecule has 3 aromatic carbocycles. The number of phenolic OH excluding ortho intramolecular Hbond substituents is 5. The number of esters is 2. The number of ether oxygens (including phenoxy) is 11. The fourth-order valence-electron chi connectivity index (χ4n) is 10.5. The van der Waals surface area contributed by atoms with E-state index >= 15 is 0 Å². The van der Waals surface area contributed by atoms with Crippen molar-refractivity contribution in [3.05, 3.63) is 99.9 Å². The summed E-state index contributed by atoms with van der Waals surface area (Å²) in [5.41, 5.74) is -1.38. The smallest absolute Gasteiger partial charge is 0.335 e. The SMILES string of the molecule is O=C(CC(=O)OC1C(Oc2cc(O)c3c(c2)OC(c2ccc(O)cc2)C(OC2OC(CO)C(O)C(O)C2OC2OC(CO)C(O)C(O)C2O)=C3O)OC(C(=O)O)C(O)C1O)OCC1OC(Oc2cc3c(O)cc(=O)cc-3oc2-c2ccc(O)c(O)c2)C(O)C(O)C1O. The van der Waals surface area contributed by atoms with E-state index in [1.54, 1.807) is 0 Å². The third-order valence-electron chi connectivity index (χ3n) is 15.4. The normalized spacial score (nSPS) is 33.0. The lowest BCUT2D eigenvalue weighted by atomic mass is 9.96. The summed E-state index contributed by atoms with van der Waals surface area (Å²) < 4.78 is 68.3. The summed E-state index contributed by atoms with van der Waals surface area (Å²) in [6.45, 7) is -2.89. The second-order valence-corrected chi connectivity index (χ2v) is 21.5. The maximum absolute atomic E-state index is 13.5. The molecule has 3 aromatic rings. The summed E-state index contributed by atoms with van der Waals surface area (Å²) in [5, 5.41) is 203. The molecule has 0 aromatic heterocycles. The number of aliphatic hydroxyl groups is 13. The van der Waals surface area contributed by atoms with Crippen molar-refractivity contribution >= 4 is 23.7 Å². The molecule has 4 fully saturated rings. The van der Waals surface area contributed by atoms with Crippen LogP contribution in [-0.4, -0.2) is 258 Å². The van der Waals surface area contributed by atoms with Crippen LogP contribution in [-0.2, 0) is 52.3 Å². The van der Waals surface area contributed by atoms with Gasteiger partial charge in [0.15, 0.2) is 70.7 Å². The number of phenols is 5. The highest BCUT2D eigenvalue weighted by Crippen LogP contribution is 2.49. The van der Waals surface area contributed by atoms with Gasteiger partial charge in [0.05, 0.1) is 18.8 Å². The van der Waals surface area contributed by atoms with Crippen LogP contribution in [0.15, 0.2) is 87.8 Å². The topological polar surface area (TPSA) is 567 Å². The first-order chi connectivity index (χ1) is 43.7. The van der Waals surface area contributed by atoms with Crippen LogP contribution in [0.25, 0.3) is 28.4 Å². The lowest BCUT2D eigenvalue weighted by Gasteiger charge is -2.46. The summed E-state index contributed by atoms with van der Waals surface area (Å²) in [5.74, 6) is -11.6. The molecule has 10 rings (SSSR count). The van der Waals surface area contributed by atoms with Gasteiger partial charge >= 0.3 is 17.9 Å². The molecule has 0 spiro atoms. The van der Waals surface area contributed by atoms with Gasteiger partial charge in [-0.1, -0.05) is 12.1 Å². The molecule has 21 unspecified atom stereocenters. The highest BCUT2D eigenvalue weighted by molar-refractivity contribution is 5.91. The Kier molecular flexibility index (Phi) is 19.5. The number of aliphatic carboxylic acids is 1. The van der Waals surface area contributed by atoms with E-state index in [-0.39, 0.29) is 39.7 Å². The van der Waals surface area contributed by atoms with E-state index in [0.717, 1.165) is 42.5 Å². The lowest BCUT2D eigenvalue weighted by Crippen LogP contribution is -2.64. The molecule has 0 saturated carbocycles. The molecule has 498 valence electrons. The summed E-state index contributed by atoms with van der Waals surface area (Å²) in [4.78, 5) is 51.2. The number of aliphatic hydroxyl groups excluding tert-OH is 13. The molecule has 6 heterocycles. The van der Waals surface area contributed by atoms with Crippen LogP contribution < -0.4 is 19.6 Å². The standard InChI is InChI=1S/C57H60O35/c58-14-30-36(68)40(72)46(78)55(86-30)92-52-42(74)37(69)31(15-59)87-57(52)90-49-39(71)35-26(65)10-21(11-28(35)84-48(49)17-1-4-19(60)5-2-17)82-56-51(44(76)43(75)50(91-56)53(79)80)89-34(67)13-33(66)81-16-32-38(70)41(73)45(77)54(88-32)85-29-12-22-24(63)8-20(61)9-27(22)83-47(29)18-3-6-23(62)25(64)7-18/h1-12,30-32,36-38,40-46,48,50-52,54-60,62-65,68-78H,13-16H2,(H,79,80). The highest BCUT2D eigenvalue weighted by Gasteiger charge is 2.54. The minimum Gasteiger partial charge on any atom is -0.508 e. The van der Waals surface area contributed by atoms with Crippen LogP contribution in [0.2, 0.25) is 0 Å². The highest BCUT2D eigenvalue weighted by atomic mass is 16.8. The molecular formula is C57H60O35. The fraction of sp³-hybridized carbons (Fsp3) is 0.439. The average molecular weight is 1310 g/mol. The van der Waals surface area contributed by atoms with Gasteiger partial charge in [0, 0.05) is 35.4 Å². The van der Waals surface area contributed by atoms with E-state index in [9.17, 15) is 116 Å². The van der Waals surface area contributed by atoms with E-state index in [1.807, 2.05) is 0 Å². The van der Waals surface area contributed by atoms with Crippen LogP contribution in [0.1, 0.15) is 23.7 Å². The van der Waals surface area contributed by atoms with Gasteiger partial charge in [0.2, 0.25) is 18.9 Å². The summed E-state index contributed by atoms with van der Waals surface area (Å²) in [6, 6.07) is 12.9. The van der Waals surface area contributed by atoms with Gasteiger partial charge < -0.3 is 154 Å². The van der Waals surface area contributed by atoms with Crippen molar-refractivity contribution in [3.8, 4) is 68.6 Å². The molecule has 35 nitrogen and oxygen atoms in total. The second-order valence-electron chi connectivity index (χ2n) is 21.5. The number of aromatic hydroxyl groups is 5. The zero-order valence-corrected chi connectivity index (χ0v) is 46.9. The van der Waals surface area contributed by atoms with Crippen molar-refractivity contribution < 1.29 is 168 Å². The number of hydrogen-bond donors (Lipinski definition) is 19. The fourth-order valence-corrected chi connectivity index (χ4v) is 10.5. The number of carbonyl (C=O) groups excluding carboxylic acids is 2. The van der Waals surface area contributed by atoms with Crippen molar-refractivity contribution in [2.24, 2.45) is 0 Å². The minimum absolute atomic E-state index is 0.00486. The van der Waals surface area contributed by atoms with Crippen LogP contribution in [0.5, 0.6) is 46.0 Å². The number of fused-ring (bicyclic) bond motifs is 2. The number of rotatable bonds is 18. The molecule has 92 heavy (non-hydrogen) atoms. The van der Waals surface area contributed by atoms with E-state index in [4.69, 9.17) is 56.5 Å². The Morgan fingerprint density at radius 2 is 1.15 bits per heavy atom. The van der Waals surface area contributed by atoms with Crippen LogP contribution >= 0.6 is 0 Å². The number of carboxylic acids is 1. The number of carboxylic acid groups (broad SMARTS) is 1. The average Bonchev–Trinajstić information content (AvgIpc) is 0.789. The van der Waals surface area contributed by atoms with E-state index in [0.29, 0.717) is 0 Å². The van der Waals surface area contributed by atoms with E-state index < -0.39 is 230 Å². The predicted octanol–water partition coefficient (Wildman–Crippen LogP) is -4.42. The molecule has 35 heteroatoms. The molecule has 19 N–H and O–H groups in total. The first-order valence-electron chi connectivity index (χ1n) is 27.6. The molecule has 7 aliphatic rings. The number of benzene rings is 4. The van der Waals surface area contributed by atoms with Crippen molar-refractivity contribution in [2.75, 3.05) is 19.8 Å². The Morgan fingerprint density at radius 1 is 0.533 bits per heavy atom. The van der Waals surface area contributed by atoms with Crippen molar-refractivity contribution in [3.63, 3.8) is 0 Å². The van der Waals surface area contributed by atoms with Gasteiger partial charge in [-0.2, -0.15) is 0 Å². The molecule has 0 bridgehead atoms. The van der Waals surface area contributed by atoms with E-state index in [2.05, 4.69) is 0 Å². The summed E-state index contributed by atoms with van der Waals surface area (Å²) in [7, 11) is 0. The van der Waals surface area contributed by atoms with Gasteiger partial charge in [-0.25, -0.2) is 4.79 Å². The summed E-state index contributed by atoms with van der Waals surface area (Å²) >= 11 is 0. The van der Waals surface area contributed by atoms with E-state index in [1.165, 1.54) is 30.3 Å². The maximum Gasteiger partial charge on any atom is 0.335 e. The van der Waals surface area contributed by atoms with Crippen molar-refractivity contribution in [1.82, 2.24) is 0 Å². The molecule has 21 atom stereocenters. The first kappa shape index (κ1) is 66.5. The van der Waals surface area contributed by atoms with Gasteiger partial charge in [-0.15, -0.1) is 0 Å². The molecule has 0 radical (unpaired) electrons. The van der Waals surface area contributed by atoms with Crippen LogP contribution in [0.3, 0.4) is 0 Å². The van der Waals surface area contributed by atoms with Gasteiger partial charge in [-0.3, -0.25) is 14.4 Å². The third-order valence-corrected chi connectivity index (χ3v) is 15.4. The molecule has 0 amide bonds. The van der Waals surface area contributed by atoms with Crippen molar-refractivity contribution in [1.29, 1.82) is 0 Å². The Morgan fingerprint density at radius 3 is 1.82 bits per heavy atom. The lowest BCUT2D eigenvalue weighted by molar-refractivity contribution is -0.364. The Balaban J connectivity index is 0.863. The van der Waals surface area contributed by atoms with Gasteiger partial charge in [0.25, 0.3) is 0 Å². The van der Waals surface area contributed by atoms with Crippen LogP contribution in [0.4, 0.5) is 0 Å². The molecule has 4 saturated heterocycles. The number of hydrogen-bond acceptors (Lipinski definition) is 34. The zero-order chi connectivity index (χ0) is 66.5. The molecular weight excluding hydrogens is 1240 g/mol. The quantitative estimate of drug-likeness (QED) is 0.0224. The minimum atomic E-state index is -2.40. The third kappa shape index (κ3) is 13.3. The summed E-state index contributed by atoms with van der Waals surface area (Å²) in [6.07, 6.45) is -44.0. The first-order valence-corrected chi connectivity index (χ1v) is 27.6. The zero-order valence-electron chi connectivity index (χ0n) is 46.9. The largest absolute Gasteiger partial charge is 0.508 e. The maximum atomic E-state index is 13.5. The second kappa shape index (κ2) is 27.0. The Hall–Kier alpha value is -8.44. The van der Waals surface area contributed by atoms with Gasteiger partial charge in [-0.05, 0) is 36.4 Å². The Labute approximate surface area is 514 Å². The van der Waals surface area contributed by atoms with Crippen LogP contribution in [0, 0.1) is 0 Å². The molecule has 1 aliphatic carbocycles. The molecule has 6 aliphatic heterocycles. The predicted molar refractivity (Wildman–Crippen MR) is 290 cm³/mol.